The Balaban J connectivity index is 2.05. The molecule has 2 unspecified atom stereocenters. The van der Waals surface area contributed by atoms with Crippen molar-refractivity contribution in [2.24, 2.45) is 0 Å². The predicted octanol–water partition coefficient (Wildman–Crippen LogP) is 4.82. The van der Waals surface area contributed by atoms with Gasteiger partial charge in [-0.3, -0.25) is 4.79 Å². The number of rotatable bonds is 7. The molecule has 0 radical (unpaired) electrons. The largest absolute Gasteiger partial charge is 0.414 e. The lowest BCUT2D eigenvalue weighted by Gasteiger charge is -2.39. The second-order valence-electron chi connectivity index (χ2n) is 8.71. The third-order valence-electron chi connectivity index (χ3n) is 5.54. The molecule has 25 heavy (non-hydrogen) atoms. The van der Waals surface area contributed by atoms with Gasteiger partial charge in [0.05, 0.1) is 0 Å². The van der Waals surface area contributed by atoms with Gasteiger partial charge in [0.1, 0.15) is 5.82 Å². The van der Waals surface area contributed by atoms with Gasteiger partial charge in [-0.1, -0.05) is 32.9 Å². The molecule has 2 rings (SSSR count). The summed E-state index contributed by atoms with van der Waals surface area (Å²) in [6.45, 7) is 11.2. The van der Waals surface area contributed by atoms with E-state index in [1.54, 1.807) is 12.1 Å². The lowest BCUT2D eigenvalue weighted by molar-refractivity contribution is -0.119. The normalized spacial score (nSPS) is 19.8. The van der Waals surface area contributed by atoms with Gasteiger partial charge in [-0.15, -0.1) is 0 Å². The fourth-order valence-electron chi connectivity index (χ4n) is 3.00. The Morgan fingerprint density at radius 1 is 1.36 bits per heavy atom. The lowest BCUT2D eigenvalue weighted by atomic mass is 10.0. The molecule has 1 saturated heterocycles. The SMILES string of the molecule is CC(C)(C)[Si](C)(C)OC(CCC1CCC(=O)N1)Cc1cccc(F)c1. The maximum atomic E-state index is 13.5. The van der Waals surface area contributed by atoms with Gasteiger partial charge < -0.3 is 9.74 Å². The van der Waals surface area contributed by atoms with Crippen LogP contribution in [0.5, 0.6) is 0 Å². The fraction of sp³-hybridized carbons (Fsp3) is 0.650. The van der Waals surface area contributed by atoms with Crippen molar-refractivity contribution in [1.82, 2.24) is 5.32 Å². The number of hydrogen-bond acceptors (Lipinski definition) is 2. The Hall–Kier alpha value is -1.20. The minimum atomic E-state index is -1.91. The van der Waals surface area contributed by atoms with Crippen LogP contribution in [0.4, 0.5) is 4.39 Å². The van der Waals surface area contributed by atoms with E-state index in [1.165, 1.54) is 6.07 Å². The highest BCUT2D eigenvalue weighted by Gasteiger charge is 2.39. The van der Waals surface area contributed by atoms with Crippen molar-refractivity contribution in [1.29, 1.82) is 0 Å². The van der Waals surface area contributed by atoms with E-state index in [4.69, 9.17) is 4.43 Å². The maximum absolute atomic E-state index is 13.5. The van der Waals surface area contributed by atoms with Crippen molar-refractivity contribution in [2.75, 3.05) is 0 Å². The molecule has 1 aliphatic heterocycles. The van der Waals surface area contributed by atoms with Crippen LogP contribution in [0.3, 0.4) is 0 Å². The van der Waals surface area contributed by atoms with Crippen LogP contribution in [0, 0.1) is 5.82 Å². The molecule has 3 nitrogen and oxygen atoms in total. The summed E-state index contributed by atoms with van der Waals surface area (Å²) in [6, 6.07) is 7.04. The molecule has 0 saturated carbocycles. The average molecular weight is 366 g/mol. The van der Waals surface area contributed by atoms with E-state index >= 15 is 0 Å². The van der Waals surface area contributed by atoms with Gasteiger partial charge in [0.15, 0.2) is 8.32 Å². The minimum Gasteiger partial charge on any atom is -0.414 e. The fourth-order valence-corrected chi connectivity index (χ4v) is 4.39. The van der Waals surface area contributed by atoms with Crippen molar-refractivity contribution >= 4 is 14.2 Å². The number of halogens is 1. The zero-order valence-electron chi connectivity index (χ0n) is 16.2. The summed E-state index contributed by atoms with van der Waals surface area (Å²) in [5.41, 5.74) is 0.971. The molecule has 0 bridgehead atoms. The molecule has 1 amide bonds. The van der Waals surface area contributed by atoms with Crippen LogP contribution in [0.1, 0.15) is 52.0 Å². The van der Waals surface area contributed by atoms with E-state index in [9.17, 15) is 9.18 Å². The highest BCUT2D eigenvalue weighted by Crippen LogP contribution is 2.38. The molecule has 0 spiro atoms. The Labute approximate surface area is 152 Å². The number of carbonyl (C=O) groups is 1. The van der Waals surface area contributed by atoms with Crippen LogP contribution in [-0.2, 0) is 15.6 Å². The Bertz CT molecular complexity index is 598. The van der Waals surface area contributed by atoms with Crippen molar-refractivity contribution in [3.63, 3.8) is 0 Å². The molecule has 1 N–H and O–H groups in total. The average Bonchev–Trinajstić information content (AvgIpc) is 2.89. The van der Waals surface area contributed by atoms with Crippen LogP contribution in [0.15, 0.2) is 24.3 Å². The summed E-state index contributed by atoms with van der Waals surface area (Å²) in [7, 11) is -1.91. The van der Waals surface area contributed by atoms with Crippen LogP contribution in [0.25, 0.3) is 0 Å². The summed E-state index contributed by atoms with van der Waals surface area (Å²) < 4.78 is 20.2. The number of benzene rings is 1. The molecule has 0 aliphatic carbocycles. The first-order valence-electron chi connectivity index (χ1n) is 9.28. The molecule has 1 fully saturated rings. The molecular weight excluding hydrogens is 333 g/mol. The second-order valence-corrected chi connectivity index (χ2v) is 13.5. The van der Waals surface area contributed by atoms with Gasteiger partial charge in [0.25, 0.3) is 0 Å². The van der Waals surface area contributed by atoms with E-state index < -0.39 is 8.32 Å². The summed E-state index contributed by atoms with van der Waals surface area (Å²) in [5.74, 6) is -0.0522. The first kappa shape index (κ1) is 20.1. The van der Waals surface area contributed by atoms with Crippen LogP contribution in [0.2, 0.25) is 18.1 Å². The molecule has 1 aromatic carbocycles. The third kappa shape index (κ3) is 5.92. The molecule has 1 aromatic rings. The van der Waals surface area contributed by atoms with E-state index in [0.29, 0.717) is 12.8 Å². The summed E-state index contributed by atoms with van der Waals surface area (Å²) >= 11 is 0. The number of amides is 1. The van der Waals surface area contributed by atoms with Gasteiger partial charge in [-0.2, -0.15) is 0 Å². The monoisotopic (exact) mass is 365 g/mol. The van der Waals surface area contributed by atoms with Crippen molar-refractivity contribution in [2.45, 2.75) is 83.2 Å². The lowest BCUT2D eigenvalue weighted by Crippen LogP contribution is -2.44. The topological polar surface area (TPSA) is 38.3 Å². The first-order chi connectivity index (χ1) is 11.6. The van der Waals surface area contributed by atoms with Gasteiger partial charge in [-0.25, -0.2) is 4.39 Å². The molecular formula is C20H32FNO2Si. The number of hydrogen-bond donors (Lipinski definition) is 1. The summed E-state index contributed by atoms with van der Waals surface area (Å²) in [4.78, 5) is 11.4. The van der Waals surface area contributed by atoms with Crippen LogP contribution >= 0.6 is 0 Å². The van der Waals surface area contributed by atoms with Crippen LogP contribution in [-0.4, -0.2) is 26.4 Å². The van der Waals surface area contributed by atoms with E-state index in [2.05, 4.69) is 39.2 Å². The second kappa shape index (κ2) is 8.00. The first-order valence-corrected chi connectivity index (χ1v) is 12.2. The van der Waals surface area contributed by atoms with Crippen LogP contribution < -0.4 is 5.32 Å². The zero-order valence-corrected chi connectivity index (χ0v) is 17.2. The standard InChI is InChI=1S/C20H32FNO2Si/c1-20(2,3)25(4,5)24-18(11-9-17-10-12-19(23)22-17)14-15-7-6-8-16(21)13-15/h6-8,13,17-18H,9-12,14H2,1-5H3,(H,22,23). The molecule has 1 heterocycles. The van der Waals surface area contributed by atoms with Gasteiger partial charge in [-0.05, 0) is 61.5 Å². The highest BCUT2D eigenvalue weighted by molar-refractivity contribution is 6.74. The predicted molar refractivity (Wildman–Crippen MR) is 103 cm³/mol. The number of nitrogens with one attached hydrogen (secondary N) is 1. The zero-order chi connectivity index (χ0) is 18.7. The van der Waals surface area contributed by atoms with Gasteiger partial charge in [0, 0.05) is 18.6 Å². The highest BCUT2D eigenvalue weighted by atomic mass is 28.4. The molecule has 1 aliphatic rings. The smallest absolute Gasteiger partial charge is 0.220 e. The van der Waals surface area contributed by atoms with Crippen molar-refractivity contribution in [3.8, 4) is 0 Å². The van der Waals surface area contributed by atoms with E-state index in [0.717, 1.165) is 24.8 Å². The van der Waals surface area contributed by atoms with E-state index in [-0.39, 0.29) is 28.9 Å². The molecule has 5 heteroatoms. The third-order valence-corrected chi connectivity index (χ3v) is 10.1. The van der Waals surface area contributed by atoms with Crippen molar-refractivity contribution in [3.05, 3.63) is 35.6 Å². The summed E-state index contributed by atoms with van der Waals surface area (Å²) in [5, 5.41) is 3.17. The Kier molecular flexibility index (Phi) is 6.44. The maximum Gasteiger partial charge on any atom is 0.220 e. The van der Waals surface area contributed by atoms with Crippen molar-refractivity contribution < 1.29 is 13.6 Å². The quantitative estimate of drug-likeness (QED) is 0.704. The van der Waals surface area contributed by atoms with Gasteiger partial charge >= 0.3 is 0 Å². The van der Waals surface area contributed by atoms with E-state index in [1.807, 2.05) is 6.07 Å². The molecule has 2 atom stereocenters. The summed E-state index contributed by atoms with van der Waals surface area (Å²) in [6.07, 6.45) is 4.10. The Morgan fingerprint density at radius 3 is 2.64 bits per heavy atom. The number of carbonyl (C=O) groups excluding carboxylic acids is 1. The molecule has 140 valence electrons. The Morgan fingerprint density at radius 2 is 2.08 bits per heavy atom. The molecule has 0 aromatic heterocycles. The minimum absolute atomic E-state index is 0.0557. The van der Waals surface area contributed by atoms with Gasteiger partial charge in [0.2, 0.25) is 5.91 Å².